The molecule has 0 spiro atoms. The van der Waals surface area contributed by atoms with Gasteiger partial charge in [-0.05, 0) is 33.6 Å². The zero-order chi connectivity index (χ0) is 26.6. The van der Waals surface area contributed by atoms with Crippen molar-refractivity contribution in [2.24, 2.45) is 22.2 Å². The lowest BCUT2D eigenvalue weighted by molar-refractivity contribution is -0.175. The second-order valence-corrected chi connectivity index (χ2v) is 11.1. The van der Waals surface area contributed by atoms with E-state index in [9.17, 15) is 32.3 Å². The number of ether oxygens (including phenoxy) is 1. The Morgan fingerprint density at radius 3 is 1.73 bits per heavy atom. The van der Waals surface area contributed by atoms with Crippen molar-refractivity contribution in [1.82, 2.24) is 4.90 Å². The number of carbonyl (C=O) groups is 4. The lowest BCUT2D eigenvalue weighted by Gasteiger charge is -2.40. The van der Waals surface area contributed by atoms with Crippen LogP contribution in [0.1, 0.15) is 88.5 Å². The maximum Gasteiger partial charge on any atom is 0.391 e. The summed E-state index contributed by atoms with van der Waals surface area (Å²) in [5.41, 5.74) is -3.08. The van der Waals surface area contributed by atoms with E-state index in [4.69, 9.17) is 4.74 Å². The van der Waals surface area contributed by atoms with E-state index in [1.54, 1.807) is 62.3 Å². The Morgan fingerprint density at radius 1 is 0.879 bits per heavy atom. The minimum absolute atomic E-state index is 0.0297. The van der Waals surface area contributed by atoms with Gasteiger partial charge in [0.1, 0.15) is 6.61 Å². The van der Waals surface area contributed by atoms with Crippen LogP contribution in [0.2, 0.25) is 0 Å². The molecule has 6 nitrogen and oxygen atoms in total. The maximum atomic E-state index is 13.4. The first kappa shape index (κ1) is 31.1. The Hall–Kier alpha value is -1.93. The van der Waals surface area contributed by atoms with Crippen molar-refractivity contribution in [2.45, 2.75) is 101 Å². The van der Waals surface area contributed by atoms with Gasteiger partial charge >= 0.3 is 12.1 Å². The van der Waals surface area contributed by atoms with Gasteiger partial charge in [0.25, 0.3) is 0 Å². The molecule has 0 aliphatic carbocycles. The number of hydrogen-bond donors (Lipinski definition) is 0. The van der Waals surface area contributed by atoms with Gasteiger partial charge in [0.05, 0.1) is 11.3 Å². The average molecular weight is 480 g/mol. The summed E-state index contributed by atoms with van der Waals surface area (Å²) in [7, 11) is 0. The van der Waals surface area contributed by atoms with Crippen LogP contribution in [0.25, 0.3) is 0 Å². The number of halogens is 3. The summed E-state index contributed by atoms with van der Waals surface area (Å²) < 4.78 is 43.0. The molecule has 0 rings (SSSR count). The van der Waals surface area contributed by atoms with Gasteiger partial charge in [-0.2, -0.15) is 13.2 Å². The molecule has 2 unspecified atom stereocenters. The lowest BCUT2D eigenvalue weighted by atomic mass is 9.71. The molecule has 0 heterocycles. The molecule has 0 aliphatic heterocycles. The van der Waals surface area contributed by atoms with Crippen molar-refractivity contribution < 1.29 is 37.1 Å². The van der Waals surface area contributed by atoms with Crippen molar-refractivity contribution in [3.8, 4) is 0 Å². The molecule has 0 N–H and O–H groups in total. The summed E-state index contributed by atoms with van der Waals surface area (Å²) >= 11 is 0. The highest BCUT2D eigenvalue weighted by molar-refractivity contribution is 6.00. The molecule has 0 fully saturated rings. The van der Waals surface area contributed by atoms with E-state index < -0.39 is 65.1 Å². The molecule has 0 saturated carbocycles. The van der Waals surface area contributed by atoms with Crippen molar-refractivity contribution in [1.29, 1.82) is 0 Å². The van der Waals surface area contributed by atoms with Crippen LogP contribution in [0.5, 0.6) is 0 Å². The van der Waals surface area contributed by atoms with Gasteiger partial charge in [-0.3, -0.25) is 24.1 Å². The standard InChI is InChI=1S/C24H40F3NO5/c1-11-23(10,20(32)33-13-17(29)12-16(4)24(25,26)27)14-22(8,9)19(31)28(15(2)3)18(30)21(5,6)7/h15-16H,11-14H2,1-10H3. The SMILES string of the molecule is CCC(C)(CC(C)(C)C(=O)N(C(=O)C(C)(C)C)C(C)C)C(=O)OCC(=O)CC(C)C(F)(F)F. The van der Waals surface area contributed by atoms with Gasteiger partial charge in [-0.1, -0.05) is 48.5 Å². The topological polar surface area (TPSA) is 80.8 Å². The van der Waals surface area contributed by atoms with Crippen LogP contribution in [0, 0.1) is 22.2 Å². The minimum Gasteiger partial charge on any atom is -0.457 e. The summed E-state index contributed by atoms with van der Waals surface area (Å²) in [6, 6.07) is -0.392. The summed E-state index contributed by atoms with van der Waals surface area (Å²) in [5.74, 6) is -4.19. The van der Waals surface area contributed by atoms with Crippen LogP contribution in [0.4, 0.5) is 13.2 Å². The zero-order valence-corrected chi connectivity index (χ0v) is 21.6. The number of imide groups is 1. The molecular formula is C24H40F3NO5. The quantitative estimate of drug-likeness (QED) is 0.396. The third-order valence-electron chi connectivity index (χ3n) is 5.74. The highest BCUT2D eigenvalue weighted by Gasteiger charge is 2.46. The van der Waals surface area contributed by atoms with Gasteiger partial charge in [-0.25, -0.2) is 0 Å². The molecule has 0 radical (unpaired) electrons. The third kappa shape index (κ3) is 8.74. The van der Waals surface area contributed by atoms with E-state index in [-0.39, 0.29) is 18.7 Å². The number of Topliss-reactive ketones (excluding diaryl/α,β-unsaturated/α-hetero) is 1. The second-order valence-electron chi connectivity index (χ2n) is 11.1. The summed E-state index contributed by atoms with van der Waals surface area (Å²) in [5, 5.41) is 0. The molecule has 0 aromatic carbocycles. The molecule has 0 aliphatic rings. The summed E-state index contributed by atoms with van der Waals surface area (Å²) in [4.78, 5) is 52.2. The van der Waals surface area contributed by atoms with E-state index in [1.165, 1.54) is 4.90 Å². The molecule has 0 aromatic rings. The van der Waals surface area contributed by atoms with E-state index in [0.29, 0.717) is 0 Å². The van der Waals surface area contributed by atoms with Gasteiger partial charge in [0.2, 0.25) is 11.8 Å². The Balaban J connectivity index is 5.50. The summed E-state index contributed by atoms with van der Waals surface area (Å²) in [6.07, 6.45) is -4.98. The molecule has 0 bridgehead atoms. The molecule has 192 valence electrons. The van der Waals surface area contributed by atoms with Crippen molar-refractivity contribution in [2.75, 3.05) is 6.61 Å². The predicted molar refractivity (Wildman–Crippen MR) is 119 cm³/mol. The van der Waals surface area contributed by atoms with Gasteiger partial charge in [0, 0.05) is 23.3 Å². The van der Waals surface area contributed by atoms with E-state index in [2.05, 4.69) is 0 Å². The predicted octanol–water partition coefficient (Wildman–Crippen LogP) is 5.33. The number of hydrogen-bond acceptors (Lipinski definition) is 5. The minimum atomic E-state index is -4.51. The van der Waals surface area contributed by atoms with Crippen LogP contribution in [-0.2, 0) is 23.9 Å². The molecular weight excluding hydrogens is 439 g/mol. The molecule has 2 amide bonds. The largest absolute Gasteiger partial charge is 0.457 e. The Labute approximate surface area is 195 Å². The van der Waals surface area contributed by atoms with E-state index >= 15 is 0 Å². The Morgan fingerprint density at radius 2 is 1.36 bits per heavy atom. The Bertz CT molecular complexity index is 737. The number of esters is 1. The van der Waals surface area contributed by atoms with Crippen LogP contribution in [-0.4, -0.2) is 47.3 Å². The number of carbonyl (C=O) groups excluding carboxylic acids is 4. The maximum absolute atomic E-state index is 13.4. The van der Waals surface area contributed by atoms with Crippen molar-refractivity contribution in [3.63, 3.8) is 0 Å². The first-order valence-corrected chi connectivity index (χ1v) is 11.2. The average Bonchev–Trinajstić information content (AvgIpc) is 2.63. The fourth-order valence-electron chi connectivity index (χ4n) is 3.48. The van der Waals surface area contributed by atoms with Gasteiger partial charge < -0.3 is 4.74 Å². The number of nitrogens with zero attached hydrogens (tertiary/aromatic N) is 1. The van der Waals surface area contributed by atoms with Gasteiger partial charge in [-0.15, -0.1) is 0 Å². The van der Waals surface area contributed by atoms with Crippen LogP contribution < -0.4 is 0 Å². The number of ketones is 1. The van der Waals surface area contributed by atoms with Gasteiger partial charge in [0.15, 0.2) is 5.78 Å². The van der Waals surface area contributed by atoms with E-state index in [1.807, 2.05) is 0 Å². The zero-order valence-electron chi connectivity index (χ0n) is 21.6. The van der Waals surface area contributed by atoms with Crippen LogP contribution in [0.15, 0.2) is 0 Å². The molecule has 9 heteroatoms. The highest BCUT2D eigenvalue weighted by atomic mass is 19.4. The molecule has 33 heavy (non-hydrogen) atoms. The first-order valence-electron chi connectivity index (χ1n) is 11.2. The molecule has 2 atom stereocenters. The van der Waals surface area contributed by atoms with Crippen molar-refractivity contribution in [3.05, 3.63) is 0 Å². The summed E-state index contributed by atoms with van der Waals surface area (Å²) in [6.45, 7) is 15.3. The third-order valence-corrected chi connectivity index (χ3v) is 5.74. The van der Waals surface area contributed by atoms with Crippen LogP contribution in [0.3, 0.4) is 0 Å². The number of amides is 2. The second kappa shape index (κ2) is 11.0. The van der Waals surface area contributed by atoms with E-state index in [0.717, 1.165) is 6.92 Å². The number of rotatable bonds is 10. The Kier molecular flexibility index (Phi) is 10.4. The first-order chi connectivity index (χ1) is 14.6. The lowest BCUT2D eigenvalue weighted by Crippen LogP contribution is -2.53. The molecule has 0 aromatic heterocycles. The monoisotopic (exact) mass is 479 g/mol. The smallest absolute Gasteiger partial charge is 0.391 e. The normalized spacial score (nSPS) is 15.6. The van der Waals surface area contributed by atoms with Crippen molar-refractivity contribution >= 4 is 23.6 Å². The fourth-order valence-corrected chi connectivity index (χ4v) is 3.48. The fraction of sp³-hybridized carbons (Fsp3) is 0.833. The highest BCUT2D eigenvalue weighted by Crippen LogP contribution is 2.40. The van der Waals surface area contributed by atoms with Crippen LogP contribution >= 0.6 is 0 Å². The molecule has 0 saturated heterocycles. The number of alkyl halides is 3.